The second kappa shape index (κ2) is 5.87. The number of hydrogen-bond acceptors (Lipinski definition) is 4. The zero-order valence-corrected chi connectivity index (χ0v) is 10.2. The zero-order chi connectivity index (χ0) is 12.1. The van der Waals surface area contributed by atoms with Crippen molar-refractivity contribution in [1.29, 1.82) is 0 Å². The van der Waals surface area contributed by atoms with Gasteiger partial charge in [0, 0.05) is 13.3 Å². The lowest BCUT2D eigenvalue weighted by atomic mass is 9.94. The number of carbonyl (C=O) groups is 2. The van der Waals surface area contributed by atoms with Crippen molar-refractivity contribution in [1.82, 2.24) is 0 Å². The molecule has 4 heteroatoms. The molecule has 0 amide bonds. The number of rotatable bonds is 4. The molecule has 1 aliphatic rings. The van der Waals surface area contributed by atoms with Crippen LogP contribution in [0.25, 0.3) is 0 Å². The van der Waals surface area contributed by atoms with Crippen molar-refractivity contribution < 1.29 is 19.1 Å². The molecule has 0 aromatic carbocycles. The van der Waals surface area contributed by atoms with Gasteiger partial charge in [-0.15, -0.1) is 0 Å². The smallest absolute Gasteiger partial charge is 0.306 e. The molecule has 0 bridgehead atoms. The summed E-state index contributed by atoms with van der Waals surface area (Å²) < 4.78 is 10.1. The van der Waals surface area contributed by atoms with Gasteiger partial charge in [-0.2, -0.15) is 0 Å². The minimum Gasteiger partial charge on any atom is -0.466 e. The molecule has 0 spiro atoms. The second-order valence-corrected chi connectivity index (χ2v) is 4.35. The van der Waals surface area contributed by atoms with Gasteiger partial charge in [0.15, 0.2) is 0 Å². The summed E-state index contributed by atoms with van der Waals surface area (Å²) in [6, 6.07) is 0. The van der Waals surface area contributed by atoms with E-state index < -0.39 is 0 Å². The van der Waals surface area contributed by atoms with Gasteiger partial charge in [-0.3, -0.25) is 9.59 Å². The molecule has 0 radical (unpaired) electrons. The van der Waals surface area contributed by atoms with Crippen LogP contribution in [0.15, 0.2) is 0 Å². The molecule has 16 heavy (non-hydrogen) atoms. The Morgan fingerprint density at radius 3 is 2.56 bits per heavy atom. The fourth-order valence-electron chi connectivity index (χ4n) is 2.31. The van der Waals surface area contributed by atoms with Crippen LogP contribution in [0.5, 0.6) is 0 Å². The Hall–Kier alpha value is -1.06. The van der Waals surface area contributed by atoms with Crippen LogP contribution >= 0.6 is 0 Å². The van der Waals surface area contributed by atoms with Crippen molar-refractivity contribution in [3.05, 3.63) is 0 Å². The van der Waals surface area contributed by atoms with E-state index in [1.54, 1.807) is 6.92 Å². The molecule has 4 nitrogen and oxygen atoms in total. The van der Waals surface area contributed by atoms with Crippen LogP contribution in [0, 0.1) is 11.8 Å². The molecule has 1 aliphatic carbocycles. The monoisotopic (exact) mass is 228 g/mol. The van der Waals surface area contributed by atoms with E-state index in [2.05, 4.69) is 0 Å². The first-order valence-electron chi connectivity index (χ1n) is 5.87. The van der Waals surface area contributed by atoms with E-state index >= 15 is 0 Å². The number of hydrogen-bond donors (Lipinski definition) is 0. The number of carbonyl (C=O) groups excluding carboxylic acids is 2. The summed E-state index contributed by atoms with van der Waals surface area (Å²) in [5.74, 6) is 0.133. The lowest BCUT2D eigenvalue weighted by molar-refractivity contribution is -0.148. The standard InChI is InChI=1S/C12H20O4/c1-4-15-12(14)7-10-5-6-11(8(10)2)16-9(3)13/h8,10-11H,4-7H2,1-3H3. The van der Waals surface area contributed by atoms with Gasteiger partial charge in [0.2, 0.25) is 0 Å². The van der Waals surface area contributed by atoms with Crippen LogP contribution in [0.4, 0.5) is 0 Å². The Bertz CT molecular complexity index is 262. The molecular formula is C12H20O4. The van der Waals surface area contributed by atoms with Gasteiger partial charge in [0.05, 0.1) is 6.61 Å². The van der Waals surface area contributed by atoms with Crippen molar-refractivity contribution in [3.63, 3.8) is 0 Å². The van der Waals surface area contributed by atoms with Crippen LogP contribution in [-0.2, 0) is 19.1 Å². The lowest BCUT2D eigenvalue weighted by Gasteiger charge is -2.19. The Morgan fingerprint density at radius 1 is 1.31 bits per heavy atom. The highest BCUT2D eigenvalue weighted by molar-refractivity contribution is 5.69. The van der Waals surface area contributed by atoms with Crippen molar-refractivity contribution in [3.8, 4) is 0 Å². The SMILES string of the molecule is CCOC(=O)CC1CCC(OC(C)=O)C1C. The maximum atomic E-state index is 11.3. The Labute approximate surface area is 96.3 Å². The average molecular weight is 228 g/mol. The minimum absolute atomic E-state index is 0.0306. The van der Waals surface area contributed by atoms with Crippen molar-refractivity contribution in [2.75, 3.05) is 6.61 Å². The molecule has 1 saturated carbocycles. The molecule has 92 valence electrons. The van der Waals surface area contributed by atoms with Crippen molar-refractivity contribution in [2.45, 2.75) is 46.1 Å². The van der Waals surface area contributed by atoms with Crippen LogP contribution in [-0.4, -0.2) is 24.6 Å². The summed E-state index contributed by atoms with van der Waals surface area (Å²) in [4.78, 5) is 22.2. The summed E-state index contributed by atoms with van der Waals surface area (Å²) in [7, 11) is 0. The quantitative estimate of drug-likeness (QED) is 0.690. The highest BCUT2D eigenvalue weighted by Crippen LogP contribution is 2.36. The number of esters is 2. The summed E-state index contributed by atoms with van der Waals surface area (Å²) in [5, 5.41) is 0. The molecule has 0 aromatic heterocycles. The highest BCUT2D eigenvalue weighted by Gasteiger charge is 2.36. The van der Waals surface area contributed by atoms with Gasteiger partial charge >= 0.3 is 11.9 Å². The lowest BCUT2D eigenvalue weighted by Crippen LogP contribution is -2.23. The molecule has 3 unspecified atom stereocenters. The largest absolute Gasteiger partial charge is 0.466 e. The van der Waals surface area contributed by atoms with Gasteiger partial charge in [0.1, 0.15) is 6.10 Å². The number of ether oxygens (including phenoxy) is 2. The maximum Gasteiger partial charge on any atom is 0.306 e. The second-order valence-electron chi connectivity index (χ2n) is 4.35. The van der Waals surface area contributed by atoms with Crippen LogP contribution in [0.2, 0.25) is 0 Å². The van der Waals surface area contributed by atoms with E-state index in [4.69, 9.17) is 9.47 Å². The van der Waals surface area contributed by atoms with E-state index in [0.717, 1.165) is 12.8 Å². The van der Waals surface area contributed by atoms with Crippen LogP contribution < -0.4 is 0 Å². The van der Waals surface area contributed by atoms with E-state index in [-0.39, 0.29) is 29.9 Å². The molecule has 1 rings (SSSR count). The molecule has 0 aliphatic heterocycles. The summed E-state index contributed by atoms with van der Waals surface area (Å²) in [5.41, 5.74) is 0. The van der Waals surface area contributed by atoms with Gasteiger partial charge in [-0.1, -0.05) is 6.92 Å². The van der Waals surface area contributed by atoms with Crippen LogP contribution in [0.3, 0.4) is 0 Å². The fourth-order valence-corrected chi connectivity index (χ4v) is 2.31. The van der Waals surface area contributed by atoms with Gasteiger partial charge in [-0.05, 0) is 31.6 Å². The Balaban J connectivity index is 2.41. The average Bonchev–Trinajstić information content (AvgIpc) is 2.50. The first-order valence-corrected chi connectivity index (χ1v) is 5.87. The van der Waals surface area contributed by atoms with Gasteiger partial charge in [0.25, 0.3) is 0 Å². The summed E-state index contributed by atoms with van der Waals surface area (Å²) in [6.45, 7) is 5.68. The molecule has 3 atom stereocenters. The third-order valence-corrected chi connectivity index (χ3v) is 3.20. The fraction of sp³-hybridized carbons (Fsp3) is 0.833. The Kier molecular flexibility index (Phi) is 4.77. The molecule has 1 fully saturated rings. The first kappa shape index (κ1) is 13.0. The van der Waals surface area contributed by atoms with Gasteiger partial charge < -0.3 is 9.47 Å². The normalized spacial score (nSPS) is 28.8. The van der Waals surface area contributed by atoms with E-state index in [1.807, 2.05) is 6.92 Å². The molecule has 0 aromatic rings. The molecule has 0 N–H and O–H groups in total. The third-order valence-electron chi connectivity index (χ3n) is 3.20. The molecule has 0 saturated heterocycles. The van der Waals surface area contributed by atoms with E-state index in [1.165, 1.54) is 6.92 Å². The third kappa shape index (κ3) is 3.51. The summed E-state index contributed by atoms with van der Waals surface area (Å²) in [6.07, 6.45) is 2.19. The van der Waals surface area contributed by atoms with E-state index in [0.29, 0.717) is 13.0 Å². The van der Waals surface area contributed by atoms with Crippen molar-refractivity contribution >= 4 is 11.9 Å². The topological polar surface area (TPSA) is 52.6 Å². The predicted molar refractivity (Wildman–Crippen MR) is 58.7 cm³/mol. The Morgan fingerprint density at radius 2 is 2.00 bits per heavy atom. The van der Waals surface area contributed by atoms with Crippen molar-refractivity contribution in [2.24, 2.45) is 11.8 Å². The molecular weight excluding hydrogens is 208 g/mol. The highest BCUT2D eigenvalue weighted by atomic mass is 16.5. The first-order chi connectivity index (χ1) is 7.54. The maximum absolute atomic E-state index is 11.3. The summed E-state index contributed by atoms with van der Waals surface area (Å²) >= 11 is 0. The molecule has 0 heterocycles. The minimum atomic E-state index is -0.242. The predicted octanol–water partition coefficient (Wildman–Crippen LogP) is 1.92. The van der Waals surface area contributed by atoms with Gasteiger partial charge in [-0.25, -0.2) is 0 Å². The zero-order valence-electron chi connectivity index (χ0n) is 10.2. The van der Waals surface area contributed by atoms with Crippen LogP contribution in [0.1, 0.15) is 40.0 Å². The van der Waals surface area contributed by atoms with E-state index in [9.17, 15) is 9.59 Å².